The van der Waals surface area contributed by atoms with Crippen molar-refractivity contribution >= 4 is 11.7 Å². The minimum atomic E-state index is -0.522. The maximum absolute atomic E-state index is 13.9. The Morgan fingerprint density at radius 3 is 2.59 bits per heavy atom. The predicted octanol–water partition coefficient (Wildman–Crippen LogP) is 2.47. The number of ether oxygens (including phenoxy) is 1. The lowest BCUT2D eigenvalue weighted by molar-refractivity contribution is 0.0746. The second-order valence-corrected chi connectivity index (χ2v) is 7.01. The molecule has 1 fully saturated rings. The summed E-state index contributed by atoms with van der Waals surface area (Å²) in [6, 6.07) is 6.48. The average Bonchev–Trinajstić information content (AvgIpc) is 2.73. The van der Waals surface area contributed by atoms with Crippen LogP contribution in [0.25, 0.3) is 0 Å². The van der Waals surface area contributed by atoms with Crippen LogP contribution in [0.5, 0.6) is 5.75 Å². The normalized spacial score (nSPS) is 16.8. The number of fused-ring (bicyclic) bond motifs is 1. The minimum absolute atomic E-state index is 0.141. The number of hydrogen-bond acceptors (Lipinski definition) is 5. The number of aromatic nitrogens is 2. The molecule has 4 rings (SSSR count). The van der Waals surface area contributed by atoms with Gasteiger partial charge in [0, 0.05) is 31.7 Å². The summed E-state index contributed by atoms with van der Waals surface area (Å²) in [5.74, 6) is 0.347. The molecule has 0 saturated carbocycles. The molecule has 0 radical (unpaired) electrons. The summed E-state index contributed by atoms with van der Waals surface area (Å²) in [6.45, 7) is 2.53. The first-order valence-electron chi connectivity index (χ1n) is 9.39. The largest absolute Gasteiger partial charge is 0.494 e. The molecule has 2 heterocycles. The van der Waals surface area contributed by atoms with E-state index in [1.807, 2.05) is 0 Å². The quantitative estimate of drug-likeness (QED) is 0.831. The van der Waals surface area contributed by atoms with Gasteiger partial charge < -0.3 is 14.5 Å². The lowest BCUT2D eigenvalue weighted by Crippen LogP contribution is -2.49. The third-order valence-electron chi connectivity index (χ3n) is 5.35. The molecular weight excluding hydrogens is 347 g/mol. The van der Waals surface area contributed by atoms with Gasteiger partial charge in [-0.15, -0.1) is 5.10 Å². The van der Waals surface area contributed by atoms with Gasteiger partial charge in [0.1, 0.15) is 0 Å². The third kappa shape index (κ3) is 3.59. The number of rotatable bonds is 3. The van der Waals surface area contributed by atoms with Gasteiger partial charge in [-0.05, 0) is 55.5 Å². The summed E-state index contributed by atoms with van der Waals surface area (Å²) in [4.78, 5) is 16.6. The summed E-state index contributed by atoms with van der Waals surface area (Å²) in [7, 11) is 1.41. The van der Waals surface area contributed by atoms with Crippen molar-refractivity contribution in [3.8, 4) is 5.75 Å². The molecule has 0 unspecified atom stereocenters. The Hall–Kier alpha value is -2.70. The van der Waals surface area contributed by atoms with E-state index in [-0.39, 0.29) is 11.7 Å². The molecule has 142 valence electrons. The Morgan fingerprint density at radius 1 is 1.07 bits per heavy atom. The highest BCUT2D eigenvalue weighted by molar-refractivity contribution is 5.94. The number of amides is 1. The smallest absolute Gasteiger partial charge is 0.254 e. The number of carbonyl (C=O) groups excluding carboxylic acids is 1. The summed E-state index contributed by atoms with van der Waals surface area (Å²) in [5, 5.41) is 8.78. The number of piperazine rings is 1. The fourth-order valence-electron chi connectivity index (χ4n) is 3.75. The number of benzene rings is 1. The van der Waals surface area contributed by atoms with Crippen LogP contribution in [0.4, 0.5) is 10.2 Å². The highest BCUT2D eigenvalue weighted by Crippen LogP contribution is 2.24. The lowest BCUT2D eigenvalue weighted by Gasteiger charge is -2.35. The molecule has 0 spiro atoms. The van der Waals surface area contributed by atoms with Gasteiger partial charge in [-0.25, -0.2) is 4.39 Å². The molecule has 2 aliphatic rings. The Bertz CT molecular complexity index is 850. The van der Waals surface area contributed by atoms with E-state index in [4.69, 9.17) is 4.74 Å². The maximum Gasteiger partial charge on any atom is 0.254 e. The molecule has 2 aromatic rings. The lowest BCUT2D eigenvalue weighted by atomic mass is 9.97. The zero-order valence-electron chi connectivity index (χ0n) is 15.4. The molecule has 1 saturated heterocycles. The Kier molecular flexibility index (Phi) is 4.92. The molecule has 7 heteroatoms. The monoisotopic (exact) mass is 370 g/mol. The number of anilines is 1. The van der Waals surface area contributed by atoms with Gasteiger partial charge in [0.2, 0.25) is 0 Å². The van der Waals surface area contributed by atoms with Crippen LogP contribution in [0.1, 0.15) is 34.5 Å². The molecule has 27 heavy (non-hydrogen) atoms. The van der Waals surface area contributed by atoms with Gasteiger partial charge in [0.05, 0.1) is 12.8 Å². The first kappa shape index (κ1) is 17.7. The number of aryl methyl sites for hydroxylation is 2. The van der Waals surface area contributed by atoms with Gasteiger partial charge in [-0.1, -0.05) is 0 Å². The van der Waals surface area contributed by atoms with Crippen LogP contribution in [0.3, 0.4) is 0 Å². The van der Waals surface area contributed by atoms with E-state index in [1.54, 1.807) is 11.0 Å². The first-order valence-corrected chi connectivity index (χ1v) is 9.39. The second kappa shape index (κ2) is 7.50. The second-order valence-electron chi connectivity index (χ2n) is 7.01. The number of hydrogen-bond donors (Lipinski definition) is 0. The van der Waals surface area contributed by atoms with Crippen molar-refractivity contribution in [2.24, 2.45) is 0 Å². The molecular formula is C20H23FN4O2. The van der Waals surface area contributed by atoms with Gasteiger partial charge in [-0.2, -0.15) is 5.10 Å². The van der Waals surface area contributed by atoms with Crippen molar-refractivity contribution in [3.63, 3.8) is 0 Å². The standard InChI is InChI=1S/C20H23FN4O2/c1-27-18-7-6-15(12-16(18)21)20(26)25-10-8-24(9-11-25)19-13-14-4-2-3-5-17(14)22-23-19/h6-7,12-13H,2-5,8-11H2,1H3. The van der Waals surface area contributed by atoms with Crippen molar-refractivity contribution in [1.82, 2.24) is 15.1 Å². The van der Waals surface area contributed by atoms with Crippen LogP contribution < -0.4 is 9.64 Å². The third-order valence-corrected chi connectivity index (χ3v) is 5.35. The van der Waals surface area contributed by atoms with E-state index in [1.165, 1.54) is 37.6 Å². The van der Waals surface area contributed by atoms with E-state index in [0.29, 0.717) is 31.7 Å². The zero-order chi connectivity index (χ0) is 18.8. The van der Waals surface area contributed by atoms with Crippen LogP contribution in [0.2, 0.25) is 0 Å². The van der Waals surface area contributed by atoms with Crippen molar-refractivity contribution in [3.05, 3.63) is 46.9 Å². The van der Waals surface area contributed by atoms with Crippen molar-refractivity contribution in [2.75, 3.05) is 38.2 Å². The van der Waals surface area contributed by atoms with Gasteiger partial charge in [0.25, 0.3) is 5.91 Å². The number of carbonyl (C=O) groups is 1. The van der Waals surface area contributed by atoms with Crippen LogP contribution in [-0.4, -0.2) is 54.3 Å². The van der Waals surface area contributed by atoms with Crippen LogP contribution in [0, 0.1) is 5.82 Å². The molecule has 1 aromatic heterocycles. The van der Waals surface area contributed by atoms with Crippen LogP contribution in [0.15, 0.2) is 24.3 Å². The van der Waals surface area contributed by atoms with Crippen LogP contribution >= 0.6 is 0 Å². The number of methoxy groups -OCH3 is 1. The van der Waals surface area contributed by atoms with E-state index in [9.17, 15) is 9.18 Å². The van der Waals surface area contributed by atoms with Gasteiger partial charge in [-0.3, -0.25) is 4.79 Å². The molecule has 0 bridgehead atoms. The Balaban J connectivity index is 1.41. The first-order chi connectivity index (χ1) is 13.2. The van der Waals surface area contributed by atoms with Gasteiger partial charge in [0.15, 0.2) is 17.4 Å². The van der Waals surface area contributed by atoms with Crippen molar-refractivity contribution < 1.29 is 13.9 Å². The van der Waals surface area contributed by atoms with E-state index in [0.717, 1.165) is 24.4 Å². The van der Waals surface area contributed by atoms with E-state index < -0.39 is 5.82 Å². The highest BCUT2D eigenvalue weighted by atomic mass is 19.1. The maximum atomic E-state index is 13.9. The summed E-state index contributed by atoms with van der Waals surface area (Å²) < 4.78 is 18.8. The molecule has 1 amide bonds. The SMILES string of the molecule is COc1ccc(C(=O)N2CCN(c3cc4c(nn3)CCCC4)CC2)cc1F. The average molecular weight is 370 g/mol. The van der Waals surface area contributed by atoms with E-state index >= 15 is 0 Å². The topological polar surface area (TPSA) is 58.6 Å². The fraction of sp³-hybridized carbons (Fsp3) is 0.450. The van der Waals surface area contributed by atoms with Crippen molar-refractivity contribution in [1.29, 1.82) is 0 Å². The molecule has 1 aliphatic carbocycles. The highest BCUT2D eigenvalue weighted by Gasteiger charge is 2.24. The molecule has 0 N–H and O–H groups in total. The Labute approximate surface area is 157 Å². The molecule has 1 aliphatic heterocycles. The number of nitrogens with zero attached hydrogens (tertiary/aromatic N) is 4. The van der Waals surface area contributed by atoms with E-state index in [2.05, 4.69) is 21.2 Å². The summed E-state index contributed by atoms with van der Waals surface area (Å²) >= 11 is 0. The minimum Gasteiger partial charge on any atom is -0.494 e. The van der Waals surface area contributed by atoms with Crippen molar-refractivity contribution in [2.45, 2.75) is 25.7 Å². The molecule has 6 nitrogen and oxygen atoms in total. The van der Waals surface area contributed by atoms with Crippen LogP contribution in [-0.2, 0) is 12.8 Å². The summed E-state index contributed by atoms with van der Waals surface area (Å²) in [5.41, 5.74) is 2.77. The zero-order valence-corrected chi connectivity index (χ0v) is 15.4. The number of halogens is 1. The summed E-state index contributed by atoms with van der Waals surface area (Å²) in [6.07, 6.45) is 4.48. The predicted molar refractivity (Wildman–Crippen MR) is 99.7 cm³/mol. The molecule has 0 atom stereocenters. The Morgan fingerprint density at radius 2 is 1.85 bits per heavy atom. The van der Waals surface area contributed by atoms with Gasteiger partial charge >= 0.3 is 0 Å². The fourth-order valence-corrected chi connectivity index (χ4v) is 3.75. The molecule has 1 aromatic carbocycles.